The Kier molecular flexibility index (Phi) is 5.14. The highest BCUT2D eigenvalue weighted by Gasteiger charge is 2.29. The number of carbonyl (C=O) groups excluding carboxylic acids is 1. The molecule has 0 spiro atoms. The fourth-order valence-corrected chi connectivity index (χ4v) is 3.73. The second-order valence-electron chi connectivity index (χ2n) is 6.50. The lowest BCUT2D eigenvalue weighted by Crippen LogP contribution is -2.40. The maximum Gasteiger partial charge on any atom is 0.407 e. The van der Waals surface area contributed by atoms with E-state index in [1.807, 2.05) is 24.3 Å². The van der Waals surface area contributed by atoms with E-state index in [1.165, 1.54) is 22.3 Å². The minimum Gasteiger partial charge on any atom is -0.449 e. The predicted molar refractivity (Wildman–Crippen MR) is 101 cm³/mol. The molecule has 1 aliphatic rings. The van der Waals surface area contributed by atoms with Gasteiger partial charge < -0.3 is 10.1 Å². The summed E-state index contributed by atoms with van der Waals surface area (Å²) in [7, 11) is 0. The largest absolute Gasteiger partial charge is 0.449 e. The van der Waals surface area contributed by atoms with Gasteiger partial charge in [-0.15, -0.1) is 0 Å². The molecular formula is C20H23NO2S. The number of hydrogen-bond acceptors (Lipinski definition) is 3. The van der Waals surface area contributed by atoms with Crippen molar-refractivity contribution in [3.8, 4) is 11.1 Å². The van der Waals surface area contributed by atoms with Gasteiger partial charge in [0.05, 0.1) is 0 Å². The van der Waals surface area contributed by atoms with Crippen LogP contribution in [0.1, 0.15) is 30.9 Å². The van der Waals surface area contributed by atoms with Crippen molar-refractivity contribution in [1.82, 2.24) is 5.32 Å². The highest BCUT2D eigenvalue weighted by molar-refractivity contribution is 7.80. The summed E-state index contributed by atoms with van der Waals surface area (Å²) in [4.78, 5) is 12.1. The van der Waals surface area contributed by atoms with Crippen molar-refractivity contribution >= 4 is 18.7 Å². The summed E-state index contributed by atoms with van der Waals surface area (Å²) in [5.74, 6) is 1.02. The first-order chi connectivity index (χ1) is 11.6. The van der Waals surface area contributed by atoms with E-state index in [9.17, 15) is 4.79 Å². The molecule has 24 heavy (non-hydrogen) atoms. The van der Waals surface area contributed by atoms with Crippen LogP contribution in [0.25, 0.3) is 11.1 Å². The van der Waals surface area contributed by atoms with Gasteiger partial charge in [-0.25, -0.2) is 4.79 Å². The number of alkyl carbamates (subject to hydrolysis) is 1. The molecule has 3 nitrogen and oxygen atoms in total. The first kappa shape index (κ1) is 16.9. The van der Waals surface area contributed by atoms with Crippen LogP contribution in [-0.2, 0) is 4.74 Å². The van der Waals surface area contributed by atoms with Crippen LogP contribution in [0.4, 0.5) is 4.79 Å². The second-order valence-corrected chi connectivity index (χ2v) is 6.87. The Hall–Kier alpha value is -1.94. The normalized spacial score (nSPS) is 14.2. The van der Waals surface area contributed by atoms with Crippen molar-refractivity contribution in [3.63, 3.8) is 0 Å². The quantitative estimate of drug-likeness (QED) is 0.787. The monoisotopic (exact) mass is 341 g/mol. The average Bonchev–Trinajstić information content (AvgIpc) is 2.91. The van der Waals surface area contributed by atoms with Crippen molar-refractivity contribution in [2.45, 2.75) is 25.8 Å². The third kappa shape index (κ3) is 3.29. The lowest BCUT2D eigenvalue weighted by atomic mass is 9.98. The summed E-state index contributed by atoms with van der Waals surface area (Å²) in [6.45, 7) is 4.46. The zero-order valence-electron chi connectivity index (χ0n) is 14.0. The van der Waals surface area contributed by atoms with Crippen molar-refractivity contribution in [3.05, 3.63) is 59.7 Å². The lowest BCUT2D eigenvalue weighted by molar-refractivity contribution is 0.137. The minimum atomic E-state index is -0.371. The molecule has 2 aromatic rings. The molecule has 3 rings (SSSR count). The molecule has 0 fully saturated rings. The van der Waals surface area contributed by atoms with Gasteiger partial charge in [-0.1, -0.05) is 62.4 Å². The van der Waals surface area contributed by atoms with Crippen LogP contribution in [0.3, 0.4) is 0 Å². The van der Waals surface area contributed by atoms with Crippen LogP contribution in [0.2, 0.25) is 0 Å². The van der Waals surface area contributed by atoms with E-state index in [1.54, 1.807) is 0 Å². The van der Waals surface area contributed by atoms with E-state index >= 15 is 0 Å². The fourth-order valence-electron chi connectivity index (χ4n) is 3.21. The first-order valence-corrected chi connectivity index (χ1v) is 8.97. The number of nitrogens with one attached hydrogen (secondary N) is 1. The Balaban J connectivity index is 1.73. The summed E-state index contributed by atoms with van der Waals surface area (Å²) in [5, 5.41) is 2.90. The Labute approximate surface area is 148 Å². The molecule has 0 aliphatic heterocycles. The SMILES string of the molecule is CC(C)[C@@H](CS)NC(=O)OCC1c2ccccc2-c2ccccc21. The van der Waals surface area contributed by atoms with Gasteiger partial charge >= 0.3 is 6.09 Å². The molecule has 0 bridgehead atoms. The molecule has 1 aliphatic carbocycles. The first-order valence-electron chi connectivity index (χ1n) is 8.34. The number of carbonyl (C=O) groups is 1. The zero-order chi connectivity index (χ0) is 17.1. The topological polar surface area (TPSA) is 38.3 Å². The predicted octanol–water partition coefficient (Wildman–Crippen LogP) is 4.48. The molecule has 0 radical (unpaired) electrons. The van der Waals surface area contributed by atoms with E-state index in [0.29, 0.717) is 18.3 Å². The highest BCUT2D eigenvalue weighted by Crippen LogP contribution is 2.44. The van der Waals surface area contributed by atoms with Crippen molar-refractivity contribution in [2.75, 3.05) is 12.4 Å². The Morgan fingerprint density at radius 3 is 2.12 bits per heavy atom. The van der Waals surface area contributed by atoms with Gasteiger partial charge in [0.15, 0.2) is 0 Å². The van der Waals surface area contributed by atoms with Gasteiger partial charge in [0.1, 0.15) is 6.61 Å². The van der Waals surface area contributed by atoms with Crippen molar-refractivity contribution in [1.29, 1.82) is 0 Å². The Morgan fingerprint density at radius 1 is 1.08 bits per heavy atom. The second kappa shape index (κ2) is 7.31. The van der Waals surface area contributed by atoms with E-state index in [2.05, 4.69) is 56.1 Å². The molecule has 1 N–H and O–H groups in total. The van der Waals surface area contributed by atoms with Crippen LogP contribution in [0.5, 0.6) is 0 Å². The Bertz CT molecular complexity index is 684. The lowest BCUT2D eigenvalue weighted by Gasteiger charge is -2.21. The molecule has 2 aromatic carbocycles. The van der Waals surface area contributed by atoms with Crippen LogP contribution >= 0.6 is 12.6 Å². The number of benzene rings is 2. The fraction of sp³-hybridized carbons (Fsp3) is 0.350. The molecular weight excluding hydrogens is 318 g/mol. The zero-order valence-corrected chi connectivity index (χ0v) is 14.9. The number of thiol groups is 1. The standard InChI is InChI=1S/C20H23NO2S/c1-13(2)19(12-24)21-20(22)23-11-18-16-9-5-3-7-14(16)15-8-4-6-10-17(15)18/h3-10,13,18-19,24H,11-12H2,1-2H3,(H,21,22)/t19-/m1/s1. The van der Waals surface area contributed by atoms with Gasteiger partial charge in [0, 0.05) is 17.7 Å². The number of ether oxygens (including phenoxy) is 1. The molecule has 0 heterocycles. The maximum absolute atomic E-state index is 12.1. The smallest absolute Gasteiger partial charge is 0.407 e. The van der Waals surface area contributed by atoms with Crippen LogP contribution in [-0.4, -0.2) is 24.5 Å². The van der Waals surface area contributed by atoms with Crippen molar-refractivity contribution in [2.24, 2.45) is 5.92 Å². The summed E-state index contributed by atoms with van der Waals surface area (Å²) in [6, 6.07) is 16.7. The molecule has 4 heteroatoms. The molecule has 1 atom stereocenters. The third-order valence-corrected chi connectivity index (χ3v) is 5.04. The number of rotatable bonds is 5. The van der Waals surface area contributed by atoms with Gasteiger partial charge in [0.25, 0.3) is 0 Å². The number of hydrogen-bond donors (Lipinski definition) is 2. The minimum absolute atomic E-state index is 0.0176. The van der Waals surface area contributed by atoms with Crippen LogP contribution in [0.15, 0.2) is 48.5 Å². The summed E-state index contributed by atoms with van der Waals surface area (Å²) >= 11 is 4.29. The number of fused-ring (bicyclic) bond motifs is 3. The molecule has 1 amide bonds. The molecule has 0 saturated carbocycles. The van der Waals surface area contributed by atoms with E-state index < -0.39 is 0 Å². The maximum atomic E-state index is 12.1. The summed E-state index contributed by atoms with van der Waals surface area (Å²) in [5.41, 5.74) is 4.91. The summed E-state index contributed by atoms with van der Waals surface area (Å²) < 4.78 is 5.54. The molecule has 0 unspecified atom stereocenters. The molecule has 0 aromatic heterocycles. The van der Waals surface area contributed by atoms with Crippen LogP contribution < -0.4 is 5.32 Å². The van der Waals surface area contributed by atoms with E-state index in [-0.39, 0.29) is 18.1 Å². The van der Waals surface area contributed by atoms with Gasteiger partial charge in [-0.2, -0.15) is 12.6 Å². The summed E-state index contributed by atoms with van der Waals surface area (Å²) in [6.07, 6.45) is -0.371. The average molecular weight is 341 g/mol. The van der Waals surface area contributed by atoms with Gasteiger partial charge in [-0.05, 0) is 28.2 Å². The van der Waals surface area contributed by atoms with E-state index in [0.717, 1.165) is 0 Å². The highest BCUT2D eigenvalue weighted by atomic mass is 32.1. The van der Waals surface area contributed by atoms with Gasteiger partial charge in [0.2, 0.25) is 0 Å². The van der Waals surface area contributed by atoms with E-state index in [4.69, 9.17) is 4.74 Å². The molecule has 0 saturated heterocycles. The number of amides is 1. The third-order valence-electron chi connectivity index (χ3n) is 4.65. The van der Waals surface area contributed by atoms with Gasteiger partial charge in [-0.3, -0.25) is 0 Å². The molecule has 126 valence electrons. The van der Waals surface area contributed by atoms with Crippen molar-refractivity contribution < 1.29 is 9.53 Å². The Morgan fingerprint density at radius 2 is 1.62 bits per heavy atom. The van der Waals surface area contributed by atoms with Crippen LogP contribution in [0, 0.1) is 5.92 Å².